The smallest absolute Gasteiger partial charge is 0.257 e. The molecule has 0 spiro atoms. The highest BCUT2D eigenvalue weighted by Crippen LogP contribution is 2.21. The summed E-state index contributed by atoms with van der Waals surface area (Å²) in [5, 5.41) is 7.39. The molecule has 1 N–H and O–H groups in total. The van der Waals surface area contributed by atoms with Crippen LogP contribution in [0.2, 0.25) is 5.02 Å². The first-order chi connectivity index (χ1) is 8.50. The fourth-order valence-electron chi connectivity index (χ4n) is 1.69. The van der Waals surface area contributed by atoms with Gasteiger partial charge < -0.3 is 5.32 Å². The van der Waals surface area contributed by atoms with Crippen LogP contribution in [-0.4, -0.2) is 20.7 Å². The molecule has 0 saturated carbocycles. The molecule has 0 atom stereocenters. The summed E-state index contributed by atoms with van der Waals surface area (Å²) in [7, 11) is 1.83. The highest BCUT2D eigenvalue weighted by atomic mass is 35.5. The van der Waals surface area contributed by atoms with Crippen molar-refractivity contribution in [1.82, 2.24) is 14.8 Å². The van der Waals surface area contributed by atoms with Crippen LogP contribution >= 0.6 is 11.6 Å². The molecule has 5 nitrogen and oxygen atoms in total. The predicted octanol–water partition coefficient (Wildman–Crippen LogP) is 2.34. The van der Waals surface area contributed by atoms with Crippen LogP contribution in [0.5, 0.6) is 0 Å². The standard InChI is InChI=1S/C12H13ClN4O/c1-7-11(8(2)17(3)16-7)15-12(18)9-4-5-14-6-10(9)13/h4-6H,1-3H3,(H,15,18). The number of halogens is 1. The van der Waals surface area contributed by atoms with E-state index < -0.39 is 0 Å². The summed E-state index contributed by atoms with van der Waals surface area (Å²) in [6.45, 7) is 3.74. The number of amides is 1. The molecule has 0 aliphatic rings. The van der Waals surface area contributed by atoms with Crippen molar-refractivity contribution < 1.29 is 4.79 Å². The Labute approximate surface area is 110 Å². The molecule has 2 rings (SSSR count). The number of anilines is 1. The Bertz CT molecular complexity index is 606. The molecule has 94 valence electrons. The van der Waals surface area contributed by atoms with Crippen molar-refractivity contribution in [2.45, 2.75) is 13.8 Å². The fraction of sp³-hybridized carbons (Fsp3) is 0.250. The van der Waals surface area contributed by atoms with Crippen molar-refractivity contribution in [3.63, 3.8) is 0 Å². The SMILES string of the molecule is Cc1nn(C)c(C)c1NC(=O)c1ccncc1Cl. The van der Waals surface area contributed by atoms with E-state index in [4.69, 9.17) is 11.6 Å². The van der Waals surface area contributed by atoms with Crippen molar-refractivity contribution in [1.29, 1.82) is 0 Å². The third-order valence-corrected chi connectivity index (χ3v) is 3.07. The van der Waals surface area contributed by atoms with Crippen LogP contribution in [-0.2, 0) is 7.05 Å². The van der Waals surface area contributed by atoms with Gasteiger partial charge in [-0.2, -0.15) is 5.10 Å². The second-order valence-electron chi connectivity index (χ2n) is 3.98. The van der Waals surface area contributed by atoms with Crippen LogP contribution in [0.15, 0.2) is 18.5 Å². The Morgan fingerprint density at radius 3 is 2.72 bits per heavy atom. The van der Waals surface area contributed by atoms with Gasteiger partial charge in [0, 0.05) is 19.4 Å². The predicted molar refractivity (Wildman–Crippen MR) is 69.9 cm³/mol. The third kappa shape index (κ3) is 2.22. The number of carbonyl (C=O) groups excluding carboxylic acids is 1. The Balaban J connectivity index is 2.30. The van der Waals surface area contributed by atoms with Gasteiger partial charge in [-0.3, -0.25) is 14.5 Å². The highest BCUT2D eigenvalue weighted by Gasteiger charge is 2.15. The van der Waals surface area contributed by atoms with Gasteiger partial charge in [0.2, 0.25) is 0 Å². The van der Waals surface area contributed by atoms with Gasteiger partial charge in [-0.1, -0.05) is 11.6 Å². The molecule has 0 fully saturated rings. The van der Waals surface area contributed by atoms with Gasteiger partial charge in [-0.15, -0.1) is 0 Å². The summed E-state index contributed by atoms with van der Waals surface area (Å²) in [4.78, 5) is 15.9. The number of carbonyl (C=O) groups is 1. The van der Waals surface area contributed by atoms with Crippen molar-refractivity contribution in [3.8, 4) is 0 Å². The first kappa shape index (κ1) is 12.6. The van der Waals surface area contributed by atoms with Crippen LogP contribution in [0.25, 0.3) is 0 Å². The van der Waals surface area contributed by atoms with Crippen LogP contribution in [0, 0.1) is 13.8 Å². The lowest BCUT2D eigenvalue weighted by Gasteiger charge is -2.06. The van der Waals surface area contributed by atoms with E-state index in [0.717, 1.165) is 17.1 Å². The zero-order valence-electron chi connectivity index (χ0n) is 10.4. The number of nitrogens with zero attached hydrogens (tertiary/aromatic N) is 3. The fourth-order valence-corrected chi connectivity index (χ4v) is 1.90. The molecular formula is C12H13ClN4O. The number of rotatable bonds is 2. The van der Waals surface area contributed by atoms with Crippen LogP contribution in [0.4, 0.5) is 5.69 Å². The van der Waals surface area contributed by atoms with Crippen molar-refractivity contribution in [2.24, 2.45) is 7.05 Å². The maximum Gasteiger partial charge on any atom is 0.257 e. The van der Waals surface area contributed by atoms with Gasteiger partial charge in [0.1, 0.15) is 0 Å². The topological polar surface area (TPSA) is 59.8 Å². The monoisotopic (exact) mass is 264 g/mol. The minimum atomic E-state index is -0.262. The number of pyridine rings is 1. The van der Waals surface area contributed by atoms with Gasteiger partial charge in [-0.05, 0) is 19.9 Å². The van der Waals surface area contributed by atoms with E-state index in [0.29, 0.717) is 10.6 Å². The van der Waals surface area contributed by atoms with Gasteiger partial charge in [0.15, 0.2) is 0 Å². The van der Waals surface area contributed by atoms with Crippen molar-refractivity contribution >= 4 is 23.2 Å². The van der Waals surface area contributed by atoms with Crippen molar-refractivity contribution in [3.05, 3.63) is 40.4 Å². The third-order valence-electron chi connectivity index (χ3n) is 2.76. The quantitative estimate of drug-likeness (QED) is 0.906. The summed E-state index contributed by atoms with van der Waals surface area (Å²) in [5.41, 5.74) is 2.78. The van der Waals surface area contributed by atoms with Crippen LogP contribution in [0.1, 0.15) is 21.7 Å². The molecule has 0 unspecified atom stereocenters. The molecule has 0 aliphatic carbocycles. The summed E-state index contributed by atoms with van der Waals surface area (Å²) < 4.78 is 1.72. The first-order valence-corrected chi connectivity index (χ1v) is 5.79. The lowest BCUT2D eigenvalue weighted by Crippen LogP contribution is -2.13. The molecule has 0 saturated heterocycles. The van der Waals surface area contributed by atoms with E-state index in [1.807, 2.05) is 20.9 Å². The Morgan fingerprint density at radius 2 is 2.17 bits per heavy atom. The first-order valence-electron chi connectivity index (χ1n) is 5.41. The maximum atomic E-state index is 12.1. The maximum absolute atomic E-state index is 12.1. The molecule has 1 amide bonds. The van der Waals surface area contributed by atoms with E-state index >= 15 is 0 Å². The molecule has 6 heteroatoms. The van der Waals surface area contributed by atoms with Gasteiger partial charge >= 0.3 is 0 Å². The molecule has 18 heavy (non-hydrogen) atoms. The number of aryl methyl sites for hydroxylation is 2. The average molecular weight is 265 g/mol. The van der Waals surface area contributed by atoms with Crippen molar-refractivity contribution in [2.75, 3.05) is 5.32 Å². The Hall–Kier alpha value is -1.88. The van der Waals surface area contributed by atoms with E-state index in [9.17, 15) is 4.79 Å². The second-order valence-corrected chi connectivity index (χ2v) is 4.39. The zero-order valence-corrected chi connectivity index (χ0v) is 11.1. The van der Waals surface area contributed by atoms with Crippen LogP contribution < -0.4 is 5.32 Å². The summed E-state index contributed by atoms with van der Waals surface area (Å²) in [5.74, 6) is -0.262. The summed E-state index contributed by atoms with van der Waals surface area (Å²) >= 11 is 5.93. The minimum Gasteiger partial charge on any atom is -0.319 e. The van der Waals surface area contributed by atoms with Gasteiger partial charge in [-0.25, -0.2) is 0 Å². The molecule has 2 heterocycles. The Morgan fingerprint density at radius 1 is 1.44 bits per heavy atom. The molecule has 2 aromatic rings. The Kier molecular flexibility index (Phi) is 3.34. The minimum absolute atomic E-state index is 0.262. The summed E-state index contributed by atoms with van der Waals surface area (Å²) in [6.07, 6.45) is 2.98. The van der Waals surface area contributed by atoms with E-state index in [1.165, 1.54) is 12.4 Å². The number of nitrogens with one attached hydrogen (secondary N) is 1. The molecule has 2 aromatic heterocycles. The number of aromatic nitrogens is 3. The highest BCUT2D eigenvalue weighted by molar-refractivity contribution is 6.34. The number of hydrogen-bond acceptors (Lipinski definition) is 3. The molecule has 0 aromatic carbocycles. The van der Waals surface area contributed by atoms with E-state index in [1.54, 1.807) is 10.7 Å². The largest absolute Gasteiger partial charge is 0.319 e. The molecular weight excluding hydrogens is 252 g/mol. The second kappa shape index (κ2) is 4.78. The molecule has 0 aliphatic heterocycles. The zero-order chi connectivity index (χ0) is 13.3. The van der Waals surface area contributed by atoms with E-state index in [-0.39, 0.29) is 5.91 Å². The molecule has 0 radical (unpaired) electrons. The normalized spacial score (nSPS) is 10.4. The van der Waals surface area contributed by atoms with Crippen LogP contribution in [0.3, 0.4) is 0 Å². The summed E-state index contributed by atoms with van der Waals surface area (Å²) in [6, 6.07) is 1.58. The number of hydrogen-bond donors (Lipinski definition) is 1. The lowest BCUT2D eigenvalue weighted by molar-refractivity contribution is 0.102. The average Bonchev–Trinajstić information content (AvgIpc) is 2.56. The lowest BCUT2D eigenvalue weighted by atomic mass is 10.2. The molecule has 0 bridgehead atoms. The van der Waals surface area contributed by atoms with E-state index in [2.05, 4.69) is 15.4 Å². The van der Waals surface area contributed by atoms with Gasteiger partial charge in [0.05, 0.1) is 27.7 Å². The van der Waals surface area contributed by atoms with Gasteiger partial charge in [0.25, 0.3) is 5.91 Å².